The third kappa shape index (κ3) is 3.48. The summed E-state index contributed by atoms with van der Waals surface area (Å²) in [6.07, 6.45) is 0.873. The van der Waals surface area contributed by atoms with E-state index in [1.807, 2.05) is 31.2 Å². The molecule has 1 heterocycles. The fourth-order valence-corrected chi connectivity index (χ4v) is 3.89. The van der Waals surface area contributed by atoms with E-state index in [-0.39, 0.29) is 5.91 Å². The van der Waals surface area contributed by atoms with Crippen molar-refractivity contribution in [1.29, 1.82) is 0 Å². The molecule has 0 spiro atoms. The first-order valence-corrected chi connectivity index (χ1v) is 9.73. The van der Waals surface area contributed by atoms with Crippen LogP contribution in [-0.4, -0.2) is 30.0 Å². The molecular formula is C24H26N2O2. The molecule has 0 saturated carbocycles. The summed E-state index contributed by atoms with van der Waals surface area (Å²) in [6.45, 7) is 4.23. The molecule has 4 heteroatoms. The molecule has 4 nitrogen and oxygen atoms in total. The van der Waals surface area contributed by atoms with Crippen molar-refractivity contribution < 1.29 is 9.53 Å². The van der Waals surface area contributed by atoms with E-state index >= 15 is 0 Å². The van der Waals surface area contributed by atoms with Crippen molar-refractivity contribution in [3.63, 3.8) is 0 Å². The molecule has 1 amide bonds. The first-order valence-electron chi connectivity index (χ1n) is 9.73. The van der Waals surface area contributed by atoms with Crippen LogP contribution in [0.2, 0.25) is 0 Å². The Bertz CT molecular complexity index is 1000. The van der Waals surface area contributed by atoms with Gasteiger partial charge in [-0.05, 0) is 41.8 Å². The van der Waals surface area contributed by atoms with Gasteiger partial charge < -0.3 is 10.1 Å². The molecule has 144 valence electrons. The van der Waals surface area contributed by atoms with E-state index in [2.05, 4.69) is 52.7 Å². The van der Waals surface area contributed by atoms with Gasteiger partial charge in [0, 0.05) is 25.2 Å². The second-order valence-corrected chi connectivity index (χ2v) is 7.62. The van der Waals surface area contributed by atoms with Gasteiger partial charge in [0.15, 0.2) is 0 Å². The molecular weight excluding hydrogens is 348 g/mol. The van der Waals surface area contributed by atoms with Gasteiger partial charge >= 0.3 is 0 Å². The third-order valence-electron chi connectivity index (χ3n) is 5.87. The Morgan fingerprint density at radius 3 is 2.57 bits per heavy atom. The number of nitrogens with zero attached hydrogens (tertiary/aromatic N) is 1. The number of benzene rings is 3. The van der Waals surface area contributed by atoms with Crippen LogP contribution in [0.4, 0.5) is 0 Å². The SMILES string of the molecule is COc1ccccc1CNC(=O)C1(C)CCN1Cc1ccc2ccccc2c1. The molecule has 1 aliphatic rings. The topological polar surface area (TPSA) is 41.6 Å². The minimum atomic E-state index is -0.465. The van der Waals surface area contributed by atoms with Gasteiger partial charge in [-0.3, -0.25) is 9.69 Å². The Labute approximate surface area is 166 Å². The maximum Gasteiger partial charge on any atom is 0.240 e. The lowest BCUT2D eigenvalue weighted by atomic mass is 9.85. The monoisotopic (exact) mass is 374 g/mol. The van der Waals surface area contributed by atoms with E-state index in [4.69, 9.17) is 4.74 Å². The molecule has 0 aromatic heterocycles. The zero-order valence-electron chi connectivity index (χ0n) is 16.4. The predicted molar refractivity (Wildman–Crippen MR) is 112 cm³/mol. The van der Waals surface area contributed by atoms with Crippen LogP contribution in [0.15, 0.2) is 66.7 Å². The van der Waals surface area contributed by atoms with Gasteiger partial charge in [0.1, 0.15) is 5.75 Å². The lowest BCUT2D eigenvalue weighted by molar-refractivity contribution is -0.142. The van der Waals surface area contributed by atoms with E-state index in [0.29, 0.717) is 6.54 Å². The molecule has 0 aliphatic carbocycles. The first kappa shape index (κ1) is 18.5. The number of rotatable bonds is 6. The number of fused-ring (bicyclic) bond motifs is 1. The number of para-hydroxylation sites is 1. The minimum Gasteiger partial charge on any atom is -0.496 e. The fourth-order valence-electron chi connectivity index (χ4n) is 3.89. The predicted octanol–water partition coefficient (Wildman–Crippen LogP) is 4.13. The summed E-state index contributed by atoms with van der Waals surface area (Å²) in [7, 11) is 1.65. The van der Waals surface area contributed by atoms with E-state index in [0.717, 1.165) is 30.8 Å². The van der Waals surface area contributed by atoms with Gasteiger partial charge in [0.05, 0.1) is 12.6 Å². The molecule has 1 unspecified atom stereocenters. The maximum absolute atomic E-state index is 12.9. The largest absolute Gasteiger partial charge is 0.496 e. The maximum atomic E-state index is 12.9. The van der Waals surface area contributed by atoms with Gasteiger partial charge in [-0.1, -0.05) is 54.6 Å². The van der Waals surface area contributed by atoms with Crippen LogP contribution in [-0.2, 0) is 17.9 Å². The number of carbonyl (C=O) groups excluding carboxylic acids is 1. The van der Waals surface area contributed by atoms with Crippen LogP contribution in [0.1, 0.15) is 24.5 Å². The molecule has 28 heavy (non-hydrogen) atoms. The highest BCUT2D eigenvalue weighted by Crippen LogP contribution is 2.33. The Balaban J connectivity index is 1.42. The van der Waals surface area contributed by atoms with Gasteiger partial charge in [0.2, 0.25) is 5.91 Å². The van der Waals surface area contributed by atoms with Gasteiger partial charge in [-0.25, -0.2) is 0 Å². The molecule has 0 radical (unpaired) electrons. The Hall–Kier alpha value is -2.85. The summed E-state index contributed by atoms with van der Waals surface area (Å²) < 4.78 is 5.38. The highest BCUT2D eigenvalue weighted by Gasteiger charge is 2.46. The fraction of sp³-hybridized carbons (Fsp3) is 0.292. The number of nitrogens with one attached hydrogen (secondary N) is 1. The van der Waals surface area contributed by atoms with E-state index < -0.39 is 5.54 Å². The smallest absolute Gasteiger partial charge is 0.240 e. The number of likely N-dealkylation sites (tertiary alicyclic amines) is 1. The van der Waals surface area contributed by atoms with E-state index in [1.54, 1.807) is 7.11 Å². The molecule has 1 atom stereocenters. The van der Waals surface area contributed by atoms with E-state index in [9.17, 15) is 4.79 Å². The summed E-state index contributed by atoms with van der Waals surface area (Å²) in [5, 5.41) is 5.58. The van der Waals surface area contributed by atoms with Crippen molar-refractivity contribution in [2.75, 3.05) is 13.7 Å². The summed E-state index contributed by atoms with van der Waals surface area (Å²) in [5.74, 6) is 0.875. The van der Waals surface area contributed by atoms with Crippen molar-refractivity contribution in [3.8, 4) is 5.75 Å². The molecule has 1 N–H and O–H groups in total. The van der Waals surface area contributed by atoms with Gasteiger partial charge in [-0.2, -0.15) is 0 Å². The number of methoxy groups -OCH3 is 1. The normalized spacial score (nSPS) is 19.2. The molecule has 1 aliphatic heterocycles. The van der Waals surface area contributed by atoms with Gasteiger partial charge in [-0.15, -0.1) is 0 Å². The molecule has 3 aromatic rings. The molecule has 0 bridgehead atoms. The van der Waals surface area contributed by atoms with Gasteiger partial charge in [0.25, 0.3) is 0 Å². The lowest BCUT2D eigenvalue weighted by Gasteiger charge is -2.49. The summed E-state index contributed by atoms with van der Waals surface area (Å²) >= 11 is 0. The third-order valence-corrected chi connectivity index (χ3v) is 5.87. The molecule has 3 aromatic carbocycles. The van der Waals surface area contributed by atoms with Crippen LogP contribution < -0.4 is 10.1 Å². The van der Waals surface area contributed by atoms with Crippen LogP contribution in [0.3, 0.4) is 0 Å². The minimum absolute atomic E-state index is 0.0745. The number of hydrogen-bond donors (Lipinski definition) is 1. The van der Waals surface area contributed by atoms with Crippen LogP contribution in [0.5, 0.6) is 5.75 Å². The number of carbonyl (C=O) groups is 1. The standard InChI is InChI=1S/C24H26N2O2/c1-24(23(27)25-16-21-9-5-6-10-22(21)28-2)13-14-26(24)17-18-11-12-19-7-3-4-8-20(19)15-18/h3-12,15H,13-14,16-17H2,1-2H3,(H,25,27). The van der Waals surface area contributed by atoms with Crippen LogP contribution in [0, 0.1) is 0 Å². The van der Waals surface area contributed by atoms with Crippen LogP contribution in [0.25, 0.3) is 10.8 Å². The summed E-state index contributed by atoms with van der Waals surface area (Å²) in [4.78, 5) is 15.2. The lowest BCUT2D eigenvalue weighted by Crippen LogP contribution is -2.65. The Morgan fingerprint density at radius 1 is 1.07 bits per heavy atom. The zero-order valence-corrected chi connectivity index (χ0v) is 16.4. The average Bonchev–Trinajstić information content (AvgIpc) is 2.74. The van der Waals surface area contributed by atoms with E-state index in [1.165, 1.54) is 16.3 Å². The van der Waals surface area contributed by atoms with Crippen molar-refractivity contribution in [1.82, 2.24) is 10.2 Å². The van der Waals surface area contributed by atoms with Crippen molar-refractivity contribution in [2.45, 2.75) is 32.0 Å². The Kier molecular flexibility index (Phi) is 5.05. The summed E-state index contributed by atoms with van der Waals surface area (Å²) in [5.41, 5.74) is 1.76. The quantitative estimate of drug-likeness (QED) is 0.705. The first-order chi connectivity index (χ1) is 13.6. The number of ether oxygens (including phenoxy) is 1. The van der Waals surface area contributed by atoms with Crippen molar-refractivity contribution >= 4 is 16.7 Å². The van der Waals surface area contributed by atoms with Crippen molar-refractivity contribution in [3.05, 3.63) is 77.9 Å². The summed E-state index contributed by atoms with van der Waals surface area (Å²) in [6, 6.07) is 22.7. The highest BCUT2D eigenvalue weighted by atomic mass is 16.5. The molecule has 1 fully saturated rings. The average molecular weight is 374 g/mol. The second kappa shape index (κ2) is 7.64. The number of amides is 1. The molecule has 4 rings (SSSR count). The second-order valence-electron chi connectivity index (χ2n) is 7.62. The van der Waals surface area contributed by atoms with Crippen LogP contribution >= 0.6 is 0 Å². The number of hydrogen-bond acceptors (Lipinski definition) is 3. The van der Waals surface area contributed by atoms with Crippen molar-refractivity contribution in [2.24, 2.45) is 0 Å². The highest BCUT2D eigenvalue weighted by molar-refractivity contribution is 5.87. The molecule has 1 saturated heterocycles. The zero-order chi connectivity index (χ0) is 19.6. The Morgan fingerprint density at radius 2 is 1.82 bits per heavy atom.